The van der Waals surface area contributed by atoms with E-state index >= 15 is 0 Å². The molecule has 4 nitrogen and oxygen atoms in total. The van der Waals surface area contributed by atoms with Crippen molar-refractivity contribution in [3.8, 4) is 0 Å². The van der Waals surface area contributed by atoms with Crippen molar-refractivity contribution in [2.24, 2.45) is 0 Å². The van der Waals surface area contributed by atoms with Gasteiger partial charge >= 0.3 is 0 Å². The molecule has 0 saturated heterocycles. The third kappa shape index (κ3) is 3.00. The van der Waals surface area contributed by atoms with Gasteiger partial charge in [0.05, 0.1) is 17.1 Å². The first-order valence-corrected chi connectivity index (χ1v) is 6.50. The number of aromatic nitrogens is 1. The molecular formula is C12H12ClN3OS. The average molecular weight is 282 g/mol. The van der Waals surface area contributed by atoms with Crippen LogP contribution in [0.15, 0.2) is 24.4 Å². The predicted molar refractivity (Wildman–Crippen MR) is 73.9 cm³/mol. The third-order valence-electron chi connectivity index (χ3n) is 2.34. The smallest absolute Gasteiger partial charge is 0.253 e. The molecule has 2 heterocycles. The van der Waals surface area contributed by atoms with Gasteiger partial charge in [-0.1, -0.05) is 11.6 Å². The number of halogens is 1. The van der Waals surface area contributed by atoms with Crippen LogP contribution in [0, 0.1) is 6.92 Å². The number of carbonyl (C=O) groups excluding carboxylic acids is 1. The van der Waals surface area contributed by atoms with Crippen LogP contribution < -0.4 is 11.1 Å². The summed E-state index contributed by atoms with van der Waals surface area (Å²) in [7, 11) is 0. The molecule has 0 fully saturated rings. The second-order valence-electron chi connectivity index (χ2n) is 3.78. The molecule has 0 radical (unpaired) electrons. The summed E-state index contributed by atoms with van der Waals surface area (Å²) in [6, 6.07) is 5.48. The Hall–Kier alpha value is -1.59. The summed E-state index contributed by atoms with van der Waals surface area (Å²) in [6.45, 7) is 2.51. The van der Waals surface area contributed by atoms with Crippen molar-refractivity contribution in [1.82, 2.24) is 10.3 Å². The number of thiophene rings is 1. The minimum atomic E-state index is -0.250. The number of nitrogens with one attached hydrogen (secondary N) is 1. The summed E-state index contributed by atoms with van der Waals surface area (Å²) in [4.78, 5) is 18.0. The normalized spacial score (nSPS) is 10.3. The first-order valence-electron chi connectivity index (χ1n) is 5.31. The minimum Gasteiger partial charge on any atom is -0.384 e. The highest BCUT2D eigenvalue weighted by molar-refractivity contribution is 7.11. The molecule has 0 saturated carbocycles. The molecule has 0 aromatic carbocycles. The van der Waals surface area contributed by atoms with E-state index in [0.717, 1.165) is 4.88 Å². The maximum atomic E-state index is 11.9. The van der Waals surface area contributed by atoms with Gasteiger partial charge in [0.2, 0.25) is 0 Å². The fourth-order valence-electron chi connectivity index (χ4n) is 1.47. The lowest BCUT2D eigenvalue weighted by molar-refractivity contribution is 0.0951. The Bertz CT molecular complexity index is 582. The van der Waals surface area contributed by atoms with E-state index in [-0.39, 0.29) is 11.7 Å². The Balaban J connectivity index is 2.05. The fourth-order valence-corrected chi connectivity index (χ4v) is 2.49. The topological polar surface area (TPSA) is 68.0 Å². The molecule has 0 aliphatic rings. The molecule has 0 aliphatic heterocycles. The Kier molecular flexibility index (Phi) is 3.84. The van der Waals surface area contributed by atoms with Crippen molar-refractivity contribution in [3.63, 3.8) is 0 Å². The van der Waals surface area contributed by atoms with E-state index in [1.807, 2.05) is 19.1 Å². The Morgan fingerprint density at radius 2 is 2.33 bits per heavy atom. The molecule has 0 spiro atoms. The Labute approximate surface area is 114 Å². The standard InChI is InChI=1S/C12H12ClN3OS/c1-7-2-3-8(18-7)5-16-12(17)9-4-11(14)15-6-10(9)13/h2-4,6H,5H2,1H3,(H2,14,15)(H,16,17). The predicted octanol–water partition coefficient (Wildman–Crippen LogP) is 2.62. The molecule has 0 atom stereocenters. The van der Waals surface area contributed by atoms with Crippen LogP contribution >= 0.6 is 22.9 Å². The van der Waals surface area contributed by atoms with Gasteiger partial charge in [-0.2, -0.15) is 0 Å². The van der Waals surface area contributed by atoms with Crippen LogP contribution in [0.5, 0.6) is 0 Å². The summed E-state index contributed by atoms with van der Waals surface area (Å²) < 4.78 is 0. The van der Waals surface area contributed by atoms with Crippen LogP contribution in [-0.4, -0.2) is 10.9 Å². The summed E-state index contributed by atoms with van der Waals surface area (Å²) in [5.41, 5.74) is 5.87. The molecule has 2 aromatic rings. The van der Waals surface area contributed by atoms with E-state index in [2.05, 4.69) is 10.3 Å². The molecule has 18 heavy (non-hydrogen) atoms. The third-order valence-corrected chi connectivity index (χ3v) is 3.64. The van der Waals surface area contributed by atoms with Crippen LogP contribution in [0.2, 0.25) is 5.02 Å². The van der Waals surface area contributed by atoms with Gasteiger partial charge in [0.25, 0.3) is 5.91 Å². The number of amides is 1. The maximum Gasteiger partial charge on any atom is 0.253 e. The number of anilines is 1. The Morgan fingerprint density at radius 3 is 3.00 bits per heavy atom. The number of rotatable bonds is 3. The van der Waals surface area contributed by atoms with Gasteiger partial charge in [0.15, 0.2) is 0 Å². The van der Waals surface area contributed by atoms with Gasteiger partial charge in [-0.25, -0.2) is 4.98 Å². The molecule has 0 aliphatic carbocycles. The molecule has 0 unspecified atom stereocenters. The number of pyridine rings is 1. The molecule has 6 heteroatoms. The maximum absolute atomic E-state index is 11.9. The molecule has 0 bridgehead atoms. The van der Waals surface area contributed by atoms with E-state index in [9.17, 15) is 4.79 Å². The van der Waals surface area contributed by atoms with E-state index in [1.165, 1.54) is 17.1 Å². The molecule has 94 valence electrons. The fraction of sp³-hybridized carbons (Fsp3) is 0.167. The van der Waals surface area contributed by atoms with Crippen molar-refractivity contribution in [1.29, 1.82) is 0 Å². The summed E-state index contributed by atoms with van der Waals surface area (Å²) in [5.74, 6) is 0.0247. The number of hydrogen-bond acceptors (Lipinski definition) is 4. The molecule has 2 rings (SSSR count). The minimum absolute atomic E-state index is 0.250. The lowest BCUT2D eigenvalue weighted by Crippen LogP contribution is -2.22. The van der Waals surface area contributed by atoms with Crippen molar-refractivity contribution in [2.75, 3.05) is 5.73 Å². The summed E-state index contributed by atoms with van der Waals surface area (Å²) in [6.07, 6.45) is 1.38. The highest BCUT2D eigenvalue weighted by atomic mass is 35.5. The SMILES string of the molecule is Cc1ccc(CNC(=O)c2cc(N)ncc2Cl)s1. The first kappa shape index (κ1) is 12.9. The second kappa shape index (κ2) is 5.37. The summed E-state index contributed by atoms with van der Waals surface area (Å²) >= 11 is 7.55. The van der Waals surface area contributed by atoms with Crippen LogP contribution in [0.3, 0.4) is 0 Å². The van der Waals surface area contributed by atoms with Crippen LogP contribution in [0.25, 0.3) is 0 Å². The zero-order chi connectivity index (χ0) is 13.1. The van der Waals surface area contributed by atoms with Gasteiger partial charge in [-0.05, 0) is 25.1 Å². The lowest BCUT2D eigenvalue weighted by Gasteiger charge is -2.06. The highest BCUT2D eigenvalue weighted by Gasteiger charge is 2.11. The number of nitrogen functional groups attached to an aromatic ring is 1. The number of nitrogens with zero attached hydrogens (tertiary/aromatic N) is 1. The van der Waals surface area contributed by atoms with E-state index < -0.39 is 0 Å². The Morgan fingerprint density at radius 1 is 1.56 bits per heavy atom. The zero-order valence-electron chi connectivity index (χ0n) is 9.74. The van der Waals surface area contributed by atoms with Crippen LogP contribution in [0.1, 0.15) is 20.1 Å². The van der Waals surface area contributed by atoms with Gasteiger partial charge in [0.1, 0.15) is 5.82 Å². The van der Waals surface area contributed by atoms with Crippen LogP contribution in [-0.2, 0) is 6.54 Å². The van der Waals surface area contributed by atoms with Gasteiger partial charge in [-0.15, -0.1) is 11.3 Å². The number of nitrogens with two attached hydrogens (primary N) is 1. The molecule has 2 aromatic heterocycles. The van der Waals surface area contributed by atoms with Crippen molar-refractivity contribution >= 4 is 34.7 Å². The number of hydrogen-bond donors (Lipinski definition) is 2. The zero-order valence-corrected chi connectivity index (χ0v) is 11.3. The van der Waals surface area contributed by atoms with Gasteiger partial charge < -0.3 is 11.1 Å². The molecular weight excluding hydrogens is 270 g/mol. The van der Waals surface area contributed by atoms with Crippen molar-refractivity contribution in [3.05, 3.63) is 44.7 Å². The lowest BCUT2D eigenvalue weighted by atomic mass is 10.2. The van der Waals surface area contributed by atoms with Crippen molar-refractivity contribution in [2.45, 2.75) is 13.5 Å². The number of aryl methyl sites for hydroxylation is 1. The van der Waals surface area contributed by atoms with Crippen LogP contribution in [0.4, 0.5) is 5.82 Å². The highest BCUT2D eigenvalue weighted by Crippen LogP contribution is 2.18. The summed E-state index contributed by atoms with van der Waals surface area (Å²) in [5, 5.41) is 3.10. The second-order valence-corrected chi connectivity index (χ2v) is 5.56. The molecule has 1 amide bonds. The van der Waals surface area contributed by atoms with Gasteiger partial charge in [-0.3, -0.25) is 4.79 Å². The van der Waals surface area contributed by atoms with E-state index in [1.54, 1.807) is 11.3 Å². The number of carbonyl (C=O) groups is 1. The first-order chi connectivity index (χ1) is 8.56. The molecule has 3 N–H and O–H groups in total. The monoisotopic (exact) mass is 281 g/mol. The van der Waals surface area contributed by atoms with E-state index in [0.29, 0.717) is 17.1 Å². The van der Waals surface area contributed by atoms with Gasteiger partial charge in [0, 0.05) is 16.0 Å². The quantitative estimate of drug-likeness (QED) is 0.909. The van der Waals surface area contributed by atoms with E-state index in [4.69, 9.17) is 17.3 Å². The van der Waals surface area contributed by atoms with Crippen molar-refractivity contribution < 1.29 is 4.79 Å². The largest absolute Gasteiger partial charge is 0.384 e. The average Bonchev–Trinajstić information content (AvgIpc) is 2.75.